The Labute approximate surface area is 852 Å². The van der Waals surface area contributed by atoms with Gasteiger partial charge in [-0.15, -0.1) is 0 Å². The zero-order valence-corrected chi connectivity index (χ0v) is 88.6. The molecule has 0 saturated heterocycles. The highest BCUT2D eigenvalue weighted by molar-refractivity contribution is 5.87. The fourth-order valence-corrected chi connectivity index (χ4v) is 17.2. The molecular weight excluding hydrogens is 1820 g/mol. The minimum absolute atomic E-state index is 0.115. The van der Waals surface area contributed by atoms with Crippen LogP contribution in [-0.2, 0) is 39.5 Å². The highest BCUT2D eigenvalue weighted by Crippen LogP contribution is 2.43. The van der Waals surface area contributed by atoms with E-state index in [1.165, 1.54) is 18.4 Å². The number of aromatic nitrogens is 16. The molecule has 0 radical (unpaired) electrons. The second-order valence-electron chi connectivity index (χ2n) is 39.3. The number of rotatable bonds is 41. The van der Waals surface area contributed by atoms with Crippen molar-refractivity contribution in [2.75, 3.05) is 116 Å². The molecule has 8 heterocycles. The van der Waals surface area contributed by atoms with Gasteiger partial charge in [0, 0.05) is 238 Å². The molecule has 32 heteroatoms. The van der Waals surface area contributed by atoms with Crippen LogP contribution in [0.1, 0.15) is 108 Å². The van der Waals surface area contributed by atoms with Crippen molar-refractivity contribution < 1.29 is 43.0 Å². The van der Waals surface area contributed by atoms with E-state index in [0.717, 1.165) is 202 Å². The Morgan fingerprint density at radius 2 is 0.731 bits per heavy atom. The Bertz CT molecular complexity index is 6880. The molecule has 3 N–H and O–H groups in total. The third kappa shape index (κ3) is 28.2. The summed E-state index contributed by atoms with van der Waals surface area (Å²) in [6, 6.07) is 50.5. The van der Waals surface area contributed by atoms with Crippen molar-refractivity contribution >= 4 is 89.6 Å². The summed E-state index contributed by atoms with van der Waals surface area (Å²) in [5, 5.41) is 34.9. The van der Waals surface area contributed by atoms with E-state index in [1.54, 1.807) is 99.5 Å². The van der Waals surface area contributed by atoms with Crippen LogP contribution in [0.3, 0.4) is 0 Å². The molecular formula is C113H143N23O9. The van der Waals surface area contributed by atoms with E-state index in [1.807, 2.05) is 158 Å². The van der Waals surface area contributed by atoms with Gasteiger partial charge >= 0.3 is 0 Å². The van der Waals surface area contributed by atoms with Gasteiger partial charge in [-0.3, -0.25) is 38.7 Å². The van der Waals surface area contributed by atoms with Crippen LogP contribution in [0.15, 0.2) is 220 Å². The van der Waals surface area contributed by atoms with Gasteiger partial charge in [0.05, 0.1) is 185 Å². The Hall–Kier alpha value is -14.4. The molecule has 32 nitrogen and oxygen atoms in total. The Morgan fingerprint density at radius 1 is 0.372 bits per heavy atom. The van der Waals surface area contributed by atoms with Gasteiger partial charge in [0.2, 0.25) is 0 Å². The van der Waals surface area contributed by atoms with Gasteiger partial charge in [0.15, 0.2) is 0 Å². The van der Waals surface area contributed by atoms with Crippen molar-refractivity contribution in [3.63, 3.8) is 0 Å². The molecule has 17 rings (SSSR count). The zero-order chi connectivity index (χ0) is 103. The van der Waals surface area contributed by atoms with E-state index in [4.69, 9.17) is 57.8 Å². The molecule has 145 heavy (non-hydrogen) atoms. The molecule has 1 fully saturated rings. The number of aryl methyl sites for hydroxylation is 4. The topological polar surface area (TPSA) is 309 Å². The van der Waals surface area contributed by atoms with Crippen molar-refractivity contribution in [3.05, 3.63) is 226 Å². The van der Waals surface area contributed by atoms with Crippen LogP contribution >= 0.6 is 0 Å². The second kappa shape index (κ2) is 49.2. The first-order valence-corrected chi connectivity index (χ1v) is 49.7. The predicted octanol–water partition coefficient (Wildman–Crippen LogP) is 20.7. The lowest BCUT2D eigenvalue weighted by Gasteiger charge is -2.37. The molecule has 1 aliphatic rings. The largest absolute Gasteiger partial charge is 0.497 e. The van der Waals surface area contributed by atoms with Crippen LogP contribution < -0.4 is 63.4 Å². The van der Waals surface area contributed by atoms with Crippen LogP contribution in [0.2, 0.25) is 0 Å². The van der Waals surface area contributed by atoms with Gasteiger partial charge in [-0.1, -0.05) is 83.1 Å². The summed E-state index contributed by atoms with van der Waals surface area (Å²) >= 11 is 0. The van der Waals surface area contributed by atoms with Gasteiger partial charge in [-0.05, 0) is 153 Å². The molecule has 1 saturated carbocycles. The smallest absolute Gasteiger partial charge is 0.124 e. The van der Waals surface area contributed by atoms with Crippen LogP contribution in [0.4, 0.5) is 45.5 Å². The number of nitrogens with one attached hydrogen (secondary N) is 2. The molecule has 4 unspecified atom stereocenters. The third-order valence-electron chi connectivity index (χ3n) is 25.6. The van der Waals surface area contributed by atoms with E-state index in [0.29, 0.717) is 48.0 Å². The molecule has 0 bridgehead atoms. The number of fused-ring (bicyclic) bond motifs is 4. The van der Waals surface area contributed by atoms with Gasteiger partial charge < -0.3 is 78.1 Å². The number of benzene rings is 8. The van der Waals surface area contributed by atoms with E-state index >= 15 is 0 Å². The third-order valence-corrected chi connectivity index (χ3v) is 25.6. The van der Waals surface area contributed by atoms with Crippen LogP contribution in [-0.4, -0.2) is 222 Å². The molecule has 764 valence electrons. The lowest BCUT2D eigenvalue weighted by atomic mass is 9.99. The highest BCUT2D eigenvalue weighted by atomic mass is 16.5. The normalized spacial score (nSPS) is 12.9. The molecule has 0 spiro atoms. The van der Waals surface area contributed by atoms with Crippen LogP contribution in [0.25, 0.3) is 89.2 Å². The van der Waals surface area contributed by atoms with E-state index < -0.39 is 6.10 Å². The van der Waals surface area contributed by atoms with Crippen molar-refractivity contribution in [1.82, 2.24) is 94.5 Å². The Balaban J connectivity index is 0.000000153. The number of hydrogen-bond acceptors (Lipinski definition) is 28. The average molecular weight is 1970 g/mol. The molecule has 0 aliphatic heterocycles. The van der Waals surface area contributed by atoms with Gasteiger partial charge in [-0.2, -0.15) is 20.4 Å². The summed E-state index contributed by atoms with van der Waals surface area (Å²) in [6.45, 7) is 30.3. The lowest BCUT2D eigenvalue weighted by molar-refractivity contribution is -0.0379. The quantitative estimate of drug-likeness (QED) is 0.0320. The Kier molecular flexibility index (Phi) is 36.1. The number of methoxy groups -OCH3 is 7. The first kappa shape index (κ1) is 106. The molecule has 4 atom stereocenters. The molecule has 16 aromatic rings. The summed E-state index contributed by atoms with van der Waals surface area (Å²) in [6.07, 6.45) is 25.0. The second-order valence-corrected chi connectivity index (χ2v) is 39.3. The highest BCUT2D eigenvalue weighted by Gasteiger charge is 2.31. The van der Waals surface area contributed by atoms with Crippen LogP contribution in [0, 0.1) is 29.6 Å². The molecule has 0 amide bonds. The summed E-state index contributed by atoms with van der Waals surface area (Å²) in [7, 11) is 23.5. The van der Waals surface area contributed by atoms with E-state index in [2.05, 4.69) is 232 Å². The van der Waals surface area contributed by atoms with E-state index in [9.17, 15) is 5.11 Å². The number of hydrogen-bond donors (Lipinski definition) is 3. The first-order chi connectivity index (χ1) is 69.7. The average Bonchev–Trinajstić information content (AvgIpc) is 1.73. The fraction of sp³-hybridized carbons (Fsp3) is 0.398. The monoisotopic (exact) mass is 1970 g/mol. The maximum absolute atomic E-state index is 10.4. The van der Waals surface area contributed by atoms with Crippen molar-refractivity contribution in [2.45, 2.75) is 145 Å². The summed E-state index contributed by atoms with van der Waals surface area (Å²) in [5.41, 5.74) is 23.0. The minimum atomic E-state index is -0.529. The SMILES string of the molecule is COc1cc(CN(C)C)cc(N(CC2CC2)c2ccc3ncc(-c4cnn(C)c4)nc3c2)c1.COc1cc(OC)cc(N(CC(OCC(O)C(C)C)C(C)C)c2ccc3ncc(-c4cnn(C)c4)nc3c2)c1.COc1cc(OC)cc(N(CCC(NC(C)C)C(C)C)c2ccc3ncc(-c4cnn(C)c4)nc3c2)c1.COc1cc(OC)cc(N(c2ccc3ncc(-c4cnn(C)c4)nc3c2)C(CNC(C)C)C(C)C)c1. The maximum atomic E-state index is 10.4. The van der Waals surface area contributed by atoms with Crippen molar-refractivity contribution in [1.29, 1.82) is 0 Å². The first-order valence-electron chi connectivity index (χ1n) is 49.7. The summed E-state index contributed by atoms with van der Waals surface area (Å²) in [4.78, 5) is 49.7. The predicted molar refractivity (Wildman–Crippen MR) is 581 cm³/mol. The number of anilines is 8. The number of nitrogens with zero attached hydrogens (tertiary/aromatic N) is 21. The zero-order valence-electron chi connectivity index (χ0n) is 88.6. The van der Waals surface area contributed by atoms with Crippen molar-refractivity contribution in [2.24, 2.45) is 57.8 Å². The number of ether oxygens (including phenoxy) is 8. The summed E-state index contributed by atoms with van der Waals surface area (Å²) < 4.78 is 52.5. The molecule has 1 aliphatic carbocycles. The lowest BCUT2D eigenvalue weighted by Crippen LogP contribution is -2.45. The standard InChI is InChI=1S/C30H39N5O4.C29H38N6O2.C28H36N6O2.C26H30N6O/c1-19(2)29(36)18-39-30(20(3)4)17-35(23-10-24(37-6)13-25(11-23)38-7)22-8-9-26-27(12-22)33-28(15-31-26)21-14-32-34(5)16-21;1-19(2)26(32-20(3)4)10-11-35(23-12-24(36-6)15-25(13-23)37-7)22-8-9-27-28(14-22)33-29(17-30-27)21-16-31-34(5)18-21;1-18(2)28(16-29-19(3)4)34(22-10-23(35-6)13-24(11-22)36-7)21-8-9-25-26(12-21)32-27(15-30-25)20-14-31-33(5)17-20;1-30(2)15-19-9-22(11-23(10-19)33-4)32(16-18-5-6-18)21-7-8-24-25(12-21)29-26(14-27-24)20-13-28-31(3)17-20/h8-16,19-20,29-30,36H,17-18H2,1-7H3;8-9,12-20,26,32H,10-11H2,1-7H3;8-15,17-19,28-29H,16H2,1-7H3;7-14,17-18H,5-6,15-16H2,1-4H3. The number of aliphatic hydroxyl groups is 1. The van der Waals surface area contributed by atoms with Crippen molar-refractivity contribution in [3.8, 4) is 85.3 Å². The fourth-order valence-electron chi connectivity index (χ4n) is 17.2. The van der Waals surface area contributed by atoms with Gasteiger partial charge in [-0.25, -0.2) is 19.9 Å². The van der Waals surface area contributed by atoms with E-state index in [-0.39, 0.29) is 30.6 Å². The Morgan fingerprint density at radius 3 is 1.07 bits per heavy atom. The summed E-state index contributed by atoms with van der Waals surface area (Å²) in [5.74, 6) is 7.14. The van der Waals surface area contributed by atoms with Gasteiger partial charge in [0.1, 0.15) is 40.2 Å². The minimum Gasteiger partial charge on any atom is -0.497 e. The van der Waals surface area contributed by atoms with Gasteiger partial charge in [0.25, 0.3) is 0 Å². The maximum Gasteiger partial charge on any atom is 0.124 e. The van der Waals surface area contributed by atoms with Crippen LogP contribution in [0.5, 0.6) is 40.2 Å². The molecule has 8 aromatic carbocycles. The number of aliphatic hydroxyl groups excluding tert-OH is 1. The molecule has 8 aromatic heterocycles.